The first kappa shape index (κ1) is 25.6. The number of hydrogen-bond donors (Lipinski definition) is 3. The highest BCUT2D eigenvalue weighted by Gasteiger charge is 2.16. The van der Waals surface area contributed by atoms with Gasteiger partial charge in [-0.05, 0) is 55.0 Å². The van der Waals surface area contributed by atoms with E-state index in [1.54, 1.807) is 35.7 Å². The van der Waals surface area contributed by atoms with Crippen LogP contribution >= 0.6 is 23.6 Å². The molecule has 3 N–H and O–H groups in total. The first-order chi connectivity index (χ1) is 16.4. The number of benzene rings is 2. The number of hydrogen-bond acceptors (Lipinski definition) is 7. The van der Waals surface area contributed by atoms with Crippen LogP contribution in [-0.4, -0.2) is 31.0 Å². The zero-order valence-electron chi connectivity index (χ0n) is 18.6. The van der Waals surface area contributed by atoms with Crippen LogP contribution in [-0.2, 0) is 10.0 Å². The van der Waals surface area contributed by atoms with Crippen molar-refractivity contribution in [3.63, 3.8) is 0 Å². The average molecular weight is 519 g/mol. The standard InChI is InChI=1S/C23H26N4O4S3/c1-2-3-4-7-15-31-20-9-6-5-8-19(20)21(28)26-22(32)25-17-10-12-18(13-11-17)34(29,30)27-23-24-14-16-33-23/h5-6,8-14,16H,2-4,7,15H2,1H3,(H,24,27)(H2,25,26,28,32). The molecule has 8 nitrogen and oxygen atoms in total. The van der Waals surface area contributed by atoms with Crippen molar-refractivity contribution in [2.45, 2.75) is 37.5 Å². The van der Waals surface area contributed by atoms with Gasteiger partial charge in [0.1, 0.15) is 5.75 Å². The zero-order chi connectivity index (χ0) is 24.4. The van der Waals surface area contributed by atoms with Crippen LogP contribution in [0.3, 0.4) is 0 Å². The molecule has 1 aromatic heterocycles. The first-order valence-corrected chi connectivity index (χ1v) is 13.5. The minimum absolute atomic E-state index is 0.0771. The third-order valence-corrected chi connectivity index (χ3v) is 7.07. The minimum atomic E-state index is -3.75. The summed E-state index contributed by atoms with van der Waals surface area (Å²) in [6.07, 6.45) is 5.82. The second kappa shape index (κ2) is 12.4. The lowest BCUT2D eigenvalue weighted by molar-refractivity contribution is 0.0973. The normalized spacial score (nSPS) is 11.0. The second-order valence-corrected chi connectivity index (χ2v) is 10.3. The summed E-state index contributed by atoms with van der Waals surface area (Å²) in [7, 11) is -3.75. The number of unbranched alkanes of at least 4 members (excludes halogenated alkanes) is 3. The molecule has 0 aliphatic carbocycles. The topological polar surface area (TPSA) is 109 Å². The van der Waals surface area contributed by atoms with Gasteiger partial charge >= 0.3 is 0 Å². The number of carbonyl (C=O) groups is 1. The van der Waals surface area contributed by atoms with Crippen molar-refractivity contribution in [1.29, 1.82) is 0 Å². The number of sulfonamides is 1. The Labute approximate surface area is 208 Å². The van der Waals surface area contributed by atoms with Crippen molar-refractivity contribution in [2.24, 2.45) is 0 Å². The number of rotatable bonds is 11. The Morgan fingerprint density at radius 1 is 1.09 bits per heavy atom. The van der Waals surface area contributed by atoms with E-state index in [1.807, 2.05) is 6.07 Å². The maximum atomic E-state index is 12.7. The number of nitrogens with one attached hydrogen (secondary N) is 3. The molecule has 2 aromatic carbocycles. The molecule has 0 aliphatic heterocycles. The van der Waals surface area contributed by atoms with E-state index in [4.69, 9.17) is 17.0 Å². The molecule has 0 atom stereocenters. The lowest BCUT2D eigenvalue weighted by Gasteiger charge is -2.13. The first-order valence-electron chi connectivity index (χ1n) is 10.8. The van der Waals surface area contributed by atoms with E-state index in [9.17, 15) is 13.2 Å². The molecule has 1 amide bonds. The van der Waals surface area contributed by atoms with Crippen LogP contribution in [0.2, 0.25) is 0 Å². The van der Waals surface area contributed by atoms with Crippen LogP contribution in [0.1, 0.15) is 43.0 Å². The third kappa shape index (κ3) is 7.51. The molecule has 0 radical (unpaired) electrons. The van der Waals surface area contributed by atoms with E-state index < -0.39 is 15.9 Å². The van der Waals surface area contributed by atoms with E-state index in [-0.39, 0.29) is 15.1 Å². The Kier molecular flexibility index (Phi) is 9.37. The van der Waals surface area contributed by atoms with E-state index >= 15 is 0 Å². The Morgan fingerprint density at radius 2 is 1.85 bits per heavy atom. The molecule has 1 heterocycles. The number of anilines is 2. The smallest absolute Gasteiger partial charge is 0.263 e. The molecule has 11 heteroatoms. The van der Waals surface area contributed by atoms with Crippen molar-refractivity contribution in [2.75, 3.05) is 16.6 Å². The third-order valence-electron chi connectivity index (χ3n) is 4.69. The van der Waals surface area contributed by atoms with Crippen molar-refractivity contribution in [1.82, 2.24) is 10.3 Å². The number of carbonyl (C=O) groups excluding carboxylic acids is 1. The van der Waals surface area contributed by atoms with Gasteiger partial charge in [0.05, 0.1) is 17.1 Å². The SMILES string of the molecule is CCCCCCOc1ccccc1C(=O)NC(=S)Nc1ccc(S(=O)(=O)Nc2nccs2)cc1. The van der Waals surface area contributed by atoms with Crippen LogP contribution in [0.4, 0.5) is 10.8 Å². The van der Waals surface area contributed by atoms with Gasteiger partial charge in [0.25, 0.3) is 15.9 Å². The molecule has 0 unspecified atom stereocenters. The molecule has 3 rings (SSSR count). The molecule has 0 saturated carbocycles. The van der Waals surface area contributed by atoms with Gasteiger partial charge < -0.3 is 10.1 Å². The molecule has 34 heavy (non-hydrogen) atoms. The fourth-order valence-electron chi connectivity index (χ4n) is 2.99. The van der Waals surface area contributed by atoms with Crippen LogP contribution < -0.4 is 20.1 Å². The second-order valence-electron chi connectivity index (χ2n) is 7.28. The summed E-state index contributed by atoms with van der Waals surface area (Å²) in [6, 6.07) is 13.0. The quantitative estimate of drug-likeness (QED) is 0.241. The summed E-state index contributed by atoms with van der Waals surface area (Å²) in [5.41, 5.74) is 0.913. The number of amides is 1. The molecule has 0 bridgehead atoms. The molecular weight excluding hydrogens is 492 g/mol. The largest absolute Gasteiger partial charge is 0.493 e. The zero-order valence-corrected chi connectivity index (χ0v) is 21.1. The van der Waals surface area contributed by atoms with E-state index in [0.717, 1.165) is 25.7 Å². The Hall–Kier alpha value is -3.02. The van der Waals surface area contributed by atoms with Gasteiger partial charge in [-0.1, -0.05) is 38.3 Å². The molecule has 0 fully saturated rings. The van der Waals surface area contributed by atoms with Crippen LogP contribution in [0.25, 0.3) is 0 Å². The predicted molar refractivity (Wildman–Crippen MR) is 139 cm³/mol. The lowest BCUT2D eigenvalue weighted by Crippen LogP contribution is -2.34. The van der Waals surface area contributed by atoms with Crippen LogP contribution in [0, 0.1) is 0 Å². The maximum absolute atomic E-state index is 12.7. The molecular formula is C23H26N4O4S3. The molecule has 180 valence electrons. The summed E-state index contributed by atoms with van der Waals surface area (Å²) in [6.45, 7) is 2.69. The Morgan fingerprint density at radius 3 is 2.56 bits per heavy atom. The van der Waals surface area contributed by atoms with Gasteiger partial charge in [-0.15, -0.1) is 11.3 Å². The molecule has 0 spiro atoms. The van der Waals surface area contributed by atoms with Gasteiger partial charge in [-0.25, -0.2) is 13.4 Å². The number of nitrogens with zero attached hydrogens (tertiary/aromatic N) is 1. The number of thiocarbonyl (C=S) groups is 1. The van der Waals surface area contributed by atoms with Crippen LogP contribution in [0.15, 0.2) is 65.0 Å². The number of ether oxygens (including phenoxy) is 1. The van der Waals surface area contributed by atoms with Gasteiger partial charge in [0.2, 0.25) is 0 Å². The van der Waals surface area contributed by atoms with Crippen molar-refractivity contribution in [3.05, 3.63) is 65.7 Å². The monoisotopic (exact) mass is 518 g/mol. The van der Waals surface area contributed by atoms with E-state index in [1.165, 1.54) is 29.7 Å². The Balaban J connectivity index is 1.56. The Bertz CT molecular complexity index is 1200. The summed E-state index contributed by atoms with van der Waals surface area (Å²) in [5.74, 6) is 0.107. The van der Waals surface area contributed by atoms with Gasteiger partial charge in [0, 0.05) is 17.3 Å². The van der Waals surface area contributed by atoms with Gasteiger partial charge in [-0.3, -0.25) is 14.8 Å². The fourth-order valence-corrected chi connectivity index (χ4v) is 4.99. The highest BCUT2D eigenvalue weighted by Crippen LogP contribution is 2.20. The predicted octanol–water partition coefficient (Wildman–Crippen LogP) is 5.03. The fraction of sp³-hybridized carbons (Fsp3) is 0.261. The summed E-state index contributed by atoms with van der Waals surface area (Å²) >= 11 is 6.44. The van der Waals surface area contributed by atoms with E-state index in [2.05, 4.69) is 27.3 Å². The van der Waals surface area contributed by atoms with Crippen molar-refractivity contribution < 1.29 is 17.9 Å². The minimum Gasteiger partial charge on any atom is -0.493 e. The summed E-state index contributed by atoms with van der Waals surface area (Å²) in [4.78, 5) is 16.7. The van der Waals surface area contributed by atoms with Gasteiger partial charge in [-0.2, -0.15) is 0 Å². The number of aromatic nitrogens is 1. The molecule has 0 saturated heterocycles. The number of thiazole rings is 1. The summed E-state index contributed by atoms with van der Waals surface area (Å²) < 4.78 is 33.1. The molecule has 3 aromatic rings. The highest BCUT2D eigenvalue weighted by atomic mass is 32.2. The van der Waals surface area contributed by atoms with Crippen molar-refractivity contribution in [3.8, 4) is 5.75 Å². The summed E-state index contributed by atoms with van der Waals surface area (Å²) in [5, 5.41) is 7.57. The van der Waals surface area contributed by atoms with Crippen LogP contribution in [0.5, 0.6) is 5.75 Å². The molecule has 0 aliphatic rings. The lowest BCUT2D eigenvalue weighted by atomic mass is 10.2. The van der Waals surface area contributed by atoms with Gasteiger partial charge in [0.15, 0.2) is 10.2 Å². The maximum Gasteiger partial charge on any atom is 0.263 e. The van der Waals surface area contributed by atoms with Crippen molar-refractivity contribution >= 4 is 55.4 Å². The highest BCUT2D eigenvalue weighted by molar-refractivity contribution is 7.93. The average Bonchev–Trinajstić information content (AvgIpc) is 3.32. The number of para-hydroxylation sites is 1. The van der Waals surface area contributed by atoms with E-state index in [0.29, 0.717) is 23.6 Å².